The van der Waals surface area contributed by atoms with Gasteiger partial charge in [0, 0.05) is 11.8 Å². The average Bonchev–Trinajstić information content (AvgIpc) is 2.30. The van der Waals surface area contributed by atoms with Crippen molar-refractivity contribution >= 4 is 0 Å². The van der Waals surface area contributed by atoms with Crippen molar-refractivity contribution in [2.75, 3.05) is 0 Å². The molecule has 3 heteroatoms. The highest BCUT2D eigenvalue weighted by molar-refractivity contribution is 5.20. The summed E-state index contributed by atoms with van der Waals surface area (Å²) in [7, 11) is 0. The predicted molar refractivity (Wildman–Crippen MR) is 72.8 cm³/mol. The van der Waals surface area contributed by atoms with E-state index in [4.69, 9.17) is 0 Å². The van der Waals surface area contributed by atoms with E-state index in [-0.39, 0.29) is 11.3 Å². The van der Waals surface area contributed by atoms with Gasteiger partial charge in [-0.2, -0.15) is 0 Å². The molecule has 2 rings (SSSR count). The number of hydrogen-bond acceptors (Lipinski definition) is 2. The summed E-state index contributed by atoms with van der Waals surface area (Å²) in [5.41, 5.74) is 0.640. The first-order valence-electron chi connectivity index (χ1n) is 7.05. The van der Waals surface area contributed by atoms with Crippen LogP contribution in [0.4, 0.5) is 0 Å². The van der Waals surface area contributed by atoms with Crippen LogP contribution in [0.25, 0.3) is 0 Å². The Kier molecular flexibility index (Phi) is 4.45. The van der Waals surface area contributed by atoms with Gasteiger partial charge in [0.25, 0.3) is 5.56 Å². The monoisotopic (exact) mass is 249 g/mol. The first-order chi connectivity index (χ1) is 8.63. The fourth-order valence-electron chi connectivity index (χ4n) is 2.92. The maximum atomic E-state index is 11.2. The molecule has 0 bridgehead atoms. The van der Waals surface area contributed by atoms with Crippen LogP contribution in [0.15, 0.2) is 16.9 Å². The molecular formula is C15H23NO2. The quantitative estimate of drug-likeness (QED) is 0.860. The number of hydrogen-bond donors (Lipinski definition) is 2. The third kappa shape index (κ3) is 3.90. The molecule has 1 fully saturated rings. The number of pyridine rings is 1. The average molecular weight is 249 g/mol. The number of aromatic amines is 1. The van der Waals surface area contributed by atoms with E-state index in [1.165, 1.54) is 38.2 Å². The zero-order valence-corrected chi connectivity index (χ0v) is 11.1. The van der Waals surface area contributed by atoms with E-state index in [1.54, 1.807) is 6.07 Å². The molecule has 2 N–H and O–H groups in total. The van der Waals surface area contributed by atoms with Crippen LogP contribution in [0, 0.1) is 11.8 Å². The van der Waals surface area contributed by atoms with E-state index in [0.29, 0.717) is 0 Å². The molecule has 1 aromatic heterocycles. The second-order valence-electron chi connectivity index (χ2n) is 5.75. The highest BCUT2D eigenvalue weighted by Gasteiger charge is 2.17. The van der Waals surface area contributed by atoms with Crippen LogP contribution in [-0.2, 0) is 6.42 Å². The first-order valence-corrected chi connectivity index (χ1v) is 7.05. The van der Waals surface area contributed by atoms with Crippen LogP contribution in [0.3, 0.4) is 0 Å². The van der Waals surface area contributed by atoms with Gasteiger partial charge >= 0.3 is 0 Å². The van der Waals surface area contributed by atoms with Crippen LogP contribution in [0.1, 0.15) is 51.1 Å². The summed E-state index contributed by atoms with van der Waals surface area (Å²) in [5, 5.41) is 9.35. The second kappa shape index (κ2) is 6.07. The van der Waals surface area contributed by atoms with E-state index in [9.17, 15) is 9.90 Å². The maximum absolute atomic E-state index is 11.2. The summed E-state index contributed by atoms with van der Waals surface area (Å²) in [6, 6.07) is 2.87. The zero-order valence-electron chi connectivity index (χ0n) is 11.1. The Morgan fingerprint density at radius 3 is 2.67 bits per heavy atom. The third-order valence-electron chi connectivity index (χ3n) is 4.08. The smallest absolute Gasteiger partial charge is 0.251 e. The molecule has 0 spiro atoms. The Balaban J connectivity index is 1.76. The number of aryl methyl sites for hydroxylation is 1. The molecule has 1 aromatic rings. The summed E-state index contributed by atoms with van der Waals surface area (Å²) < 4.78 is 0. The van der Waals surface area contributed by atoms with Crippen molar-refractivity contribution < 1.29 is 5.11 Å². The van der Waals surface area contributed by atoms with Gasteiger partial charge in [-0.3, -0.25) is 4.79 Å². The van der Waals surface area contributed by atoms with E-state index < -0.39 is 0 Å². The molecular weight excluding hydrogens is 226 g/mol. The summed E-state index contributed by atoms with van der Waals surface area (Å²) in [5.74, 6) is 1.84. The van der Waals surface area contributed by atoms with Gasteiger partial charge in [0.1, 0.15) is 5.75 Å². The van der Waals surface area contributed by atoms with Gasteiger partial charge in [-0.15, -0.1) is 0 Å². The van der Waals surface area contributed by atoms with Crippen molar-refractivity contribution in [3.05, 3.63) is 28.2 Å². The van der Waals surface area contributed by atoms with Gasteiger partial charge in [0.05, 0.1) is 0 Å². The number of aromatic hydroxyl groups is 1. The Hall–Kier alpha value is -1.25. The zero-order chi connectivity index (χ0) is 13.0. The van der Waals surface area contributed by atoms with E-state index >= 15 is 0 Å². The van der Waals surface area contributed by atoms with Crippen LogP contribution in [0.5, 0.6) is 5.75 Å². The lowest BCUT2D eigenvalue weighted by Crippen LogP contribution is -2.13. The largest absolute Gasteiger partial charge is 0.508 e. The molecule has 18 heavy (non-hydrogen) atoms. The Labute approximate surface area is 108 Å². The topological polar surface area (TPSA) is 53.1 Å². The minimum absolute atomic E-state index is 0.0697. The van der Waals surface area contributed by atoms with Crippen molar-refractivity contribution in [1.29, 1.82) is 0 Å². The SMILES string of the molecule is CC1CCC(CCCc2cc(O)cc(=O)[nH]2)CC1. The maximum Gasteiger partial charge on any atom is 0.251 e. The van der Waals surface area contributed by atoms with Crippen LogP contribution in [-0.4, -0.2) is 10.1 Å². The Morgan fingerprint density at radius 2 is 2.00 bits per heavy atom. The fraction of sp³-hybridized carbons (Fsp3) is 0.667. The lowest BCUT2D eigenvalue weighted by molar-refractivity contribution is 0.273. The van der Waals surface area contributed by atoms with Crippen molar-refractivity contribution in [1.82, 2.24) is 4.98 Å². The highest BCUT2D eigenvalue weighted by atomic mass is 16.3. The highest BCUT2D eigenvalue weighted by Crippen LogP contribution is 2.31. The molecule has 1 aliphatic rings. The number of aromatic nitrogens is 1. The molecule has 1 heterocycles. The molecule has 1 saturated carbocycles. The second-order valence-corrected chi connectivity index (χ2v) is 5.75. The van der Waals surface area contributed by atoms with Gasteiger partial charge in [-0.05, 0) is 30.7 Å². The molecule has 0 radical (unpaired) electrons. The number of rotatable bonds is 4. The third-order valence-corrected chi connectivity index (χ3v) is 4.08. The van der Waals surface area contributed by atoms with Crippen molar-refractivity contribution in [2.45, 2.75) is 51.9 Å². The molecule has 1 aliphatic carbocycles. The van der Waals surface area contributed by atoms with Crippen LogP contribution >= 0.6 is 0 Å². The molecule has 0 aromatic carbocycles. The Morgan fingerprint density at radius 1 is 1.28 bits per heavy atom. The first kappa shape index (κ1) is 13.2. The minimum atomic E-state index is -0.212. The summed E-state index contributed by atoms with van der Waals surface area (Å²) in [6.45, 7) is 2.34. The van der Waals surface area contributed by atoms with Gasteiger partial charge in [-0.25, -0.2) is 0 Å². The minimum Gasteiger partial charge on any atom is -0.508 e. The van der Waals surface area contributed by atoms with E-state index in [0.717, 1.165) is 30.4 Å². The summed E-state index contributed by atoms with van der Waals surface area (Å²) in [6.07, 6.45) is 8.65. The summed E-state index contributed by atoms with van der Waals surface area (Å²) >= 11 is 0. The molecule has 100 valence electrons. The molecule has 3 nitrogen and oxygen atoms in total. The molecule has 0 amide bonds. The van der Waals surface area contributed by atoms with Crippen LogP contribution in [0.2, 0.25) is 0 Å². The van der Waals surface area contributed by atoms with Crippen molar-refractivity contribution in [2.24, 2.45) is 11.8 Å². The lowest BCUT2D eigenvalue weighted by Gasteiger charge is -2.25. The number of nitrogens with one attached hydrogen (secondary N) is 1. The van der Waals surface area contributed by atoms with Crippen molar-refractivity contribution in [3.8, 4) is 5.75 Å². The fourth-order valence-corrected chi connectivity index (χ4v) is 2.92. The van der Waals surface area contributed by atoms with Gasteiger partial charge in [0.15, 0.2) is 0 Å². The standard InChI is InChI=1S/C15H23NO2/c1-11-5-7-12(8-6-11)3-2-4-13-9-14(17)10-15(18)16-13/h9-12H,2-8H2,1H3,(H2,16,17,18). The Bertz CT molecular complexity index is 430. The van der Waals surface area contributed by atoms with Gasteiger partial charge < -0.3 is 10.1 Å². The summed E-state index contributed by atoms with van der Waals surface area (Å²) in [4.78, 5) is 14.0. The lowest BCUT2D eigenvalue weighted by atomic mass is 9.80. The van der Waals surface area contributed by atoms with E-state index in [1.807, 2.05) is 0 Å². The molecule has 0 saturated heterocycles. The van der Waals surface area contributed by atoms with Gasteiger partial charge in [0.2, 0.25) is 0 Å². The molecule has 0 aliphatic heterocycles. The molecule has 0 unspecified atom stereocenters. The van der Waals surface area contributed by atoms with E-state index in [2.05, 4.69) is 11.9 Å². The normalized spacial score (nSPS) is 24.1. The molecule has 0 atom stereocenters. The van der Waals surface area contributed by atoms with Crippen molar-refractivity contribution in [3.63, 3.8) is 0 Å². The van der Waals surface area contributed by atoms with Crippen LogP contribution < -0.4 is 5.56 Å². The predicted octanol–water partition coefficient (Wildman–Crippen LogP) is 3.23. The van der Waals surface area contributed by atoms with Gasteiger partial charge in [-0.1, -0.05) is 39.0 Å². The number of H-pyrrole nitrogens is 1.